The highest BCUT2D eigenvalue weighted by Crippen LogP contribution is 2.14. The summed E-state index contributed by atoms with van der Waals surface area (Å²) in [5.74, 6) is -1.97. The van der Waals surface area contributed by atoms with Crippen molar-refractivity contribution in [1.82, 2.24) is 15.1 Å². The standard InChI is InChI=1S/C20H25N3O6/c1-5-12(2)18(20(27)28-4)21-16(24)11-29-17(25)10-15-13-8-6-7-9-14(13)19(26)23(3)22-15/h6-9,12,18H,5,10-11H2,1-4H3,(H,21,24)/t12-,18-/m1/s1. The number of nitrogens with one attached hydrogen (secondary N) is 1. The predicted octanol–water partition coefficient (Wildman–Crippen LogP) is 0.723. The summed E-state index contributed by atoms with van der Waals surface area (Å²) in [5.41, 5.74) is 0.108. The lowest BCUT2D eigenvalue weighted by molar-refractivity contribution is -0.150. The molecule has 9 nitrogen and oxygen atoms in total. The van der Waals surface area contributed by atoms with Crippen LogP contribution in [0.4, 0.5) is 0 Å². The van der Waals surface area contributed by atoms with Crippen LogP contribution in [0.1, 0.15) is 26.0 Å². The summed E-state index contributed by atoms with van der Waals surface area (Å²) in [6.07, 6.45) is 0.457. The van der Waals surface area contributed by atoms with Gasteiger partial charge in [-0.1, -0.05) is 38.5 Å². The van der Waals surface area contributed by atoms with Crippen LogP contribution in [-0.2, 0) is 37.3 Å². The second-order valence-corrected chi connectivity index (χ2v) is 6.71. The van der Waals surface area contributed by atoms with Gasteiger partial charge in [0.05, 0.1) is 24.6 Å². The minimum atomic E-state index is -0.814. The lowest BCUT2D eigenvalue weighted by atomic mass is 9.99. The number of methoxy groups -OCH3 is 1. The molecule has 0 unspecified atom stereocenters. The molecule has 1 N–H and O–H groups in total. The Balaban J connectivity index is 2.02. The van der Waals surface area contributed by atoms with Crippen LogP contribution in [0.3, 0.4) is 0 Å². The van der Waals surface area contributed by atoms with Crippen LogP contribution in [0.15, 0.2) is 29.1 Å². The second kappa shape index (κ2) is 9.81. The number of fused-ring (bicyclic) bond motifs is 1. The van der Waals surface area contributed by atoms with Gasteiger partial charge in [-0.2, -0.15) is 5.10 Å². The number of aryl methyl sites for hydroxylation is 1. The number of benzene rings is 1. The molecule has 0 fully saturated rings. The van der Waals surface area contributed by atoms with Gasteiger partial charge >= 0.3 is 11.9 Å². The van der Waals surface area contributed by atoms with E-state index in [0.29, 0.717) is 22.9 Å². The Bertz CT molecular complexity index is 968. The van der Waals surface area contributed by atoms with E-state index in [4.69, 9.17) is 9.47 Å². The van der Waals surface area contributed by atoms with Crippen molar-refractivity contribution >= 4 is 28.6 Å². The van der Waals surface area contributed by atoms with Crippen LogP contribution in [0.2, 0.25) is 0 Å². The molecule has 1 aromatic heterocycles. The highest BCUT2D eigenvalue weighted by Gasteiger charge is 2.27. The second-order valence-electron chi connectivity index (χ2n) is 6.71. The van der Waals surface area contributed by atoms with Crippen LogP contribution in [0.5, 0.6) is 0 Å². The fraction of sp³-hybridized carbons (Fsp3) is 0.450. The SMILES string of the molecule is CC[C@@H](C)[C@@H](NC(=O)COC(=O)Cc1nn(C)c(=O)c2ccccc12)C(=O)OC. The van der Waals surface area contributed by atoms with Crippen molar-refractivity contribution in [3.05, 3.63) is 40.3 Å². The molecule has 0 spiro atoms. The maximum atomic E-state index is 12.2. The average molecular weight is 403 g/mol. The van der Waals surface area contributed by atoms with E-state index in [1.807, 2.05) is 13.8 Å². The van der Waals surface area contributed by atoms with Crippen molar-refractivity contribution in [3.8, 4) is 0 Å². The smallest absolute Gasteiger partial charge is 0.328 e. The molecule has 1 aromatic carbocycles. The molecule has 0 radical (unpaired) electrons. The fourth-order valence-corrected chi connectivity index (χ4v) is 2.85. The largest absolute Gasteiger partial charge is 0.467 e. The van der Waals surface area contributed by atoms with Crippen molar-refractivity contribution in [1.29, 1.82) is 0 Å². The number of esters is 2. The Morgan fingerprint density at radius 3 is 2.48 bits per heavy atom. The zero-order valence-electron chi connectivity index (χ0n) is 16.9. The Hall–Kier alpha value is -3.23. The maximum absolute atomic E-state index is 12.2. The zero-order chi connectivity index (χ0) is 21.6. The minimum Gasteiger partial charge on any atom is -0.467 e. The van der Waals surface area contributed by atoms with Gasteiger partial charge < -0.3 is 14.8 Å². The number of hydrogen-bond acceptors (Lipinski definition) is 7. The number of carbonyl (C=O) groups excluding carboxylic acids is 3. The van der Waals surface area contributed by atoms with Crippen molar-refractivity contribution in [2.45, 2.75) is 32.7 Å². The molecule has 1 amide bonds. The summed E-state index contributed by atoms with van der Waals surface area (Å²) >= 11 is 0. The van der Waals surface area contributed by atoms with E-state index in [9.17, 15) is 19.2 Å². The summed E-state index contributed by atoms with van der Waals surface area (Å²) in [5, 5.41) is 7.66. The minimum absolute atomic E-state index is 0.136. The van der Waals surface area contributed by atoms with Crippen molar-refractivity contribution in [2.24, 2.45) is 13.0 Å². The first-order valence-electron chi connectivity index (χ1n) is 9.26. The molecule has 2 rings (SSSR count). The molecule has 0 aliphatic carbocycles. The van der Waals surface area contributed by atoms with E-state index in [2.05, 4.69) is 10.4 Å². The van der Waals surface area contributed by atoms with Gasteiger partial charge in [0.15, 0.2) is 6.61 Å². The Labute approximate surface area is 168 Å². The first-order valence-corrected chi connectivity index (χ1v) is 9.26. The van der Waals surface area contributed by atoms with Crippen LogP contribution in [0.25, 0.3) is 10.8 Å². The highest BCUT2D eigenvalue weighted by atomic mass is 16.5. The molecule has 0 aliphatic heterocycles. The van der Waals surface area contributed by atoms with Gasteiger partial charge in [-0.15, -0.1) is 0 Å². The lowest BCUT2D eigenvalue weighted by Crippen LogP contribution is -2.47. The number of hydrogen-bond donors (Lipinski definition) is 1. The van der Waals surface area contributed by atoms with Gasteiger partial charge in [-0.25, -0.2) is 9.48 Å². The number of nitrogens with zero attached hydrogens (tertiary/aromatic N) is 2. The van der Waals surface area contributed by atoms with Gasteiger partial charge in [-0.05, 0) is 12.0 Å². The van der Waals surface area contributed by atoms with E-state index in [0.717, 1.165) is 4.68 Å². The summed E-state index contributed by atoms with van der Waals surface area (Å²) in [6.45, 7) is 3.16. The third kappa shape index (κ3) is 5.40. The summed E-state index contributed by atoms with van der Waals surface area (Å²) in [4.78, 5) is 48.3. The van der Waals surface area contributed by atoms with E-state index in [1.54, 1.807) is 24.3 Å². The van der Waals surface area contributed by atoms with E-state index < -0.39 is 30.5 Å². The van der Waals surface area contributed by atoms with Crippen molar-refractivity contribution in [2.75, 3.05) is 13.7 Å². The molecule has 2 aromatic rings. The van der Waals surface area contributed by atoms with Gasteiger partial charge in [0.2, 0.25) is 0 Å². The molecule has 0 saturated heterocycles. The molecule has 9 heteroatoms. The number of aromatic nitrogens is 2. The Morgan fingerprint density at radius 1 is 1.21 bits per heavy atom. The van der Waals surface area contributed by atoms with Crippen LogP contribution in [0, 0.1) is 5.92 Å². The molecule has 156 valence electrons. The summed E-state index contributed by atoms with van der Waals surface area (Å²) in [6, 6.07) is 6.01. The maximum Gasteiger partial charge on any atom is 0.328 e. The van der Waals surface area contributed by atoms with E-state index >= 15 is 0 Å². The summed E-state index contributed by atoms with van der Waals surface area (Å²) < 4.78 is 10.9. The van der Waals surface area contributed by atoms with Gasteiger partial charge in [0.25, 0.3) is 11.5 Å². The molecular weight excluding hydrogens is 378 g/mol. The number of rotatable bonds is 8. The Kier molecular flexibility index (Phi) is 7.46. The first-order chi connectivity index (χ1) is 13.8. The van der Waals surface area contributed by atoms with E-state index in [1.165, 1.54) is 14.2 Å². The molecule has 1 heterocycles. The molecule has 0 aliphatic rings. The quantitative estimate of drug-likeness (QED) is 0.646. The number of ether oxygens (including phenoxy) is 2. The number of carbonyl (C=O) groups is 3. The molecular formula is C20H25N3O6. The summed E-state index contributed by atoms with van der Waals surface area (Å²) in [7, 11) is 2.74. The molecule has 29 heavy (non-hydrogen) atoms. The highest BCUT2D eigenvalue weighted by molar-refractivity contribution is 5.89. The molecule has 2 atom stereocenters. The van der Waals surface area contributed by atoms with Crippen LogP contribution < -0.4 is 10.9 Å². The monoisotopic (exact) mass is 403 g/mol. The topological polar surface area (TPSA) is 117 Å². The fourth-order valence-electron chi connectivity index (χ4n) is 2.85. The third-order valence-corrected chi connectivity index (χ3v) is 4.69. The predicted molar refractivity (Wildman–Crippen MR) is 105 cm³/mol. The average Bonchev–Trinajstić information content (AvgIpc) is 2.73. The van der Waals surface area contributed by atoms with Crippen LogP contribution in [-0.4, -0.2) is 47.4 Å². The van der Waals surface area contributed by atoms with Crippen molar-refractivity contribution < 1.29 is 23.9 Å². The molecule has 0 saturated carbocycles. The lowest BCUT2D eigenvalue weighted by Gasteiger charge is -2.21. The third-order valence-electron chi connectivity index (χ3n) is 4.69. The van der Waals surface area contributed by atoms with E-state index in [-0.39, 0.29) is 17.9 Å². The van der Waals surface area contributed by atoms with Crippen LogP contribution >= 0.6 is 0 Å². The van der Waals surface area contributed by atoms with Crippen molar-refractivity contribution in [3.63, 3.8) is 0 Å². The normalized spacial score (nSPS) is 12.8. The molecule has 0 bridgehead atoms. The van der Waals surface area contributed by atoms with Gasteiger partial charge in [0.1, 0.15) is 6.04 Å². The van der Waals surface area contributed by atoms with Gasteiger partial charge in [-0.3, -0.25) is 14.4 Å². The zero-order valence-corrected chi connectivity index (χ0v) is 16.9. The number of amides is 1. The van der Waals surface area contributed by atoms with Gasteiger partial charge in [0, 0.05) is 12.4 Å². The first kappa shape index (κ1) is 22.1. The Morgan fingerprint density at radius 2 is 1.86 bits per heavy atom.